The minimum absolute atomic E-state index is 0.0000835. The van der Waals surface area contributed by atoms with Gasteiger partial charge in [0, 0.05) is 42.5 Å². The number of halogens is 2. The number of aromatic nitrogens is 1. The summed E-state index contributed by atoms with van der Waals surface area (Å²) >= 11 is 5.88. The number of urea groups is 1. The molecule has 35 heavy (non-hydrogen) atoms. The van der Waals surface area contributed by atoms with Gasteiger partial charge in [0.1, 0.15) is 11.9 Å². The highest BCUT2D eigenvalue weighted by Gasteiger charge is 2.40. The molecule has 2 atom stereocenters. The van der Waals surface area contributed by atoms with E-state index in [1.54, 1.807) is 24.3 Å². The predicted molar refractivity (Wildman–Crippen MR) is 128 cm³/mol. The fraction of sp³-hybridized carbons (Fsp3) is 0.208. The summed E-state index contributed by atoms with van der Waals surface area (Å²) < 4.78 is 20.2. The van der Waals surface area contributed by atoms with Crippen molar-refractivity contribution < 1.29 is 28.6 Å². The van der Waals surface area contributed by atoms with Crippen LogP contribution in [-0.4, -0.2) is 58.7 Å². The molecule has 0 saturated carbocycles. The first kappa shape index (κ1) is 24.2. The molecule has 0 bridgehead atoms. The molecule has 3 aromatic rings. The van der Waals surface area contributed by atoms with Crippen LogP contribution in [0, 0.1) is 5.82 Å². The second-order valence-corrected chi connectivity index (χ2v) is 8.39. The lowest BCUT2D eigenvalue weighted by Gasteiger charge is -2.24. The van der Waals surface area contributed by atoms with Crippen molar-refractivity contribution in [2.24, 2.45) is 0 Å². The van der Waals surface area contributed by atoms with Gasteiger partial charge in [-0.2, -0.15) is 0 Å². The van der Waals surface area contributed by atoms with Gasteiger partial charge in [0.05, 0.1) is 23.0 Å². The van der Waals surface area contributed by atoms with Crippen molar-refractivity contribution in [2.45, 2.75) is 18.6 Å². The summed E-state index contributed by atoms with van der Waals surface area (Å²) in [7, 11) is 1.49. The smallest absolute Gasteiger partial charge is 0.337 e. The Morgan fingerprint density at radius 1 is 1.14 bits per heavy atom. The van der Waals surface area contributed by atoms with Crippen molar-refractivity contribution in [3.05, 3.63) is 71.1 Å². The number of likely N-dealkylation sites (tertiary alicyclic amines) is 1. The van der Waals surface area contributed by atoms with Crippen LogP contribution >= 0.6 is 11.6 Å². The zero-order chi connectivity index (χ0) is 25.1. The van der Waals surface area contributed by atoms with Crippen molar-refractivity contribution in [3.63, 3.8) is 0 Å². The Balaban J connectivity index is 1.50. The summed E-state index contributed by atoms with van der Waals surface area (Å²) in [6, 6.07) is 10.5. The van der Waals surface area contributed by atoms with Gasteiger partial charge in [-0.25, -0.2) is 14.0 Å². The van der Waals surface area contributed by atoms with Crippen molar-refractivity contribution in [2.75, 3.05) is 24.3 Å². The number of anilines is 2. The van der Waals surface area contributed by atoms with E-state index in [1.807, 2.05) is 0 Å². The van der Waals surface area contributed by atoms with Crippen LogP contribution in [0.15, 0.2) is 54.7 Å². The molecule has 0 spiro atoms. The number of carbonyl (C=O) groups excluding carboxylic acids is 2. The first-order chi connectivity index (χ1) is 16.8. The molecular formula is C24H22ClFN4O5. The minimum Gasteiger partial charge on any atom is -0.478 e. The molecule has 3 amide bonds. The number of hydrogen-bond donors (Lipinski definition) is 4. The maximum atomic E-state index is 14.8. The standard InChI is InChI=1S/C24H22ClFN4O5/c1-35-16-11-20(30(12-16)24(34)28-15-5-3-14(25)4-6-15)22(31)29-19-7-2-13(10-18(19)26)21-17(23(32)33)8-9-27-21/h2-10,16,20,27H,11-12H2,1H3,(H,28,34)(H,29,31)(H,32,33)/t16-,20-/m1/s1. The number of carboxylic acid groups (broad SMARTS) is 1. The molecule has 1 aliphatic heterocycles. The third-order valence-corrected chi connectivity index (χ3v) is 6.00. The van der Waals surface area contributed by atoms with Gasteiger partial charge < -0.3 is 30.4 Å². The van der Waals surface area contributed by atoms with Gasteiger partial charge in [0.2, 0.25) is 5.91 Å². The highest BCUT2D eigenvalue weighted by atomic mass is 35.5. The molecular weight excluding hydrogens is 479 g/mol. The summed E-state index contributed by atoms with van der Waals surface area (Å²) in [5.41, 5.74) is 0.970. The van der Waals surface area contributed by atoms with Gasteiger partial charge in [-0.05, 0) is 42.5 Å². The number of aromatic amines is 1. The van der Waals surface area contributed by atoms with Crippen LogP contribution in [0.3, 0.4) is 0 Å². The van der Waals surface area contributed by atoms with E-state index in [4.69, 9.17) is 16.3 Å². The van der Waals surface area contributed by atoms with Gasteiger partial charge in [0.15, 0.2) is 0 Å². The quantitative estimate of drug-likeness (QED) is 0.398. The number of H-pyrrole nitrogens is 1. The van der Waals surface area contributed by atoms with E-state index in [9.17, 15) is 23.9 Å². The normalized spacial score (nSPS) is 17.3. The zero-order valence-corrected chi connectivity index (χ0v) is 19.3. The lowest BCUT2D eigenvalue weighted by atomic mass is 10.1. The average Bonchev–Trinajstić information content (AvgIpc) is 3.49. The summed E-state index contributed by atoms with van der Waals surface area (Å²) in [5.74, 6) is -2.47. The molecule has 2 aromatic carbocycles. The van der Waals surface area contributed by atoms with Crippen LogP contribution in [0.2, 0.25) is 5.02 Å². The van der Waals surface area contributed by atoms with Crippen LogP contribution in [0.1, 0.15) is 16.8 Å². The molecule has 4 N–H and O–H groups in total. The van der Waals surface area contributed by atoms with Gasteiger partial charge in [-0.3, -0.25) is 4.79 Å². The fourth-order valence-electron chi connectivity index (χ4n) is 3.94. The van der Waals surface area contributed by atoms with Crippen molar-refractivity contribution >= 4 is 40.9 Å². The Labute approximate surface area is 204 Å². The van der Waals surface area contributed by atoms with E-state index in [1.165, 1.54) is 36.4 Å². The summed E-state index contributed by atoms with van der Waals surface area (Å²) in [6.45, 7) is 0.181. The third-order valence-electron chi connectivity index (χ3n) is 5.75. The molecule has 1 fully saturated rings. The predicted octanol–water partition coefficient (Wildman–Crippen LogP) is 4.43. The van der Waals surface area contributed by atoms with E-state index in [2.05, 4.69) is 15.6 Å². The van der Waals surface area contributed by atoms with E-state index >= 15 is 0 Å². The minimum atomic E-state index is -1.15. The molecule has 4 rings (SSSR count). The second-order valence-electron chi connectivity index (χ2n) is 7.95. The Hall–Kier alpha value is -3.89. The van der Waals surface area contributed by atoms with Gasteiger partial charge in [-0.1, -0.05) is 17.7 Å². The van der Waals surface area contributed by atoms with Crippen LogP contribution in [0.25, 0.3) is 11.3 Å². The molecule has 182 valence electrons. The topological polar surface area (TPSA) is 124 Å². The number of hydrogen-bond acceptors (Lipinski definition) is 4. The molecule has 0 radical (unpaired) electrons. The molecule has 1 aromatic heterocycles. The first-order valence-electron chi connectivity index (χ1n) is 10.6. The number of carbonyl (C=O) groups is 3. The SMILES string of the molecule is CO[C@@H]1C[C@H](C(=O)Nc2ccc(-c3[nH]ccc3C(=O)O)cc2F)N(C(=O)Nc2ccc(Cl)cc2)C1. The van der Waals surface area contributed by atoms with Crippen LogP contribution < -0.4 is 10.6 Å². The number of nitrogens with zero attached hydrogens (tertiary/aromatic N) is 1. The van der Waals surface area contributed by atoms with Gasteiger partial charge in [0.25, 0.3) is 0 Å². The lowest BCUT2D eigenvalue weighted by molar-refractivity contribution is -0.119. The van der Waals surface area contributed by atoms with Crippen molar-refractivity contribution in [1.29, 1.82) is 0 Å². The van der Waals surface area contributed by atoms with E-state index in [-0.39, 0.29) is 36.0 Å². The molecule has 1 aliphatic rings. The van der Waals surface area contributed by atoms with Gasteiger partial charge in [-0.15, -0.1) is 0 Å². The third kappa shape index (κ3) is 5.28. The van der Waals surface area contributed by atoms with Crippen molar-refractivity contribution in [3.8, 4) is 11.3 Å². The number of methoxy groups -OCH3 is 1. The van der Waals surface area contributed by atoms with Crippen molar-refractivity contribution in [1.82, 2.24) is 9.88 Å². The molecule has 2 heterocycles. The maximum Gasteiger partial charge on any atom is 0.337 e. The summed E-state index contributed by atoms with van der Waals surface area (Å²) in [6.07, 6.45) is 1.32. The average molecular weight is 501 g/mol. The number of benzene rings is 2. The number of nitrogens with one attached hydrogen (secondary N) is 3. The Kier molecular flexibility index (Phi) is 7.04. The molecule has 11 heteroatoms. The molecule has 0 aliphatic carbocycles. The van der Waals surface area contributed by atoms with E-state index < -0.39 is 29.8 Å². The van der Waals surface area contributed by atoms with Crippen LogP contribution in [-0.2, 0) is 9.53 Å². The number of carboxylic acids is 1. The van der Waals surface area contributed by atoms with Crippen LogP contribution in [0.4, 0.5) is 20.6 Å². The van der Waals surface area contributed by atoms with E-state index in [0.29, 0.717) is 16.3 Å². The summed E-state index contributed by atoms with van der Waals surface area (Å²) in [4.78, 5) is 41.4. The number of rotatable bonds is 6. The summed E-state index contributed by atoms with van der Waals surface area (Å²) in [5, 5.41) is 15.0. The Bertz CT molecular complexity index is 1260. The lowest BCUT2D eigenvalue weighted by Crippen LogP contribution is -2.45. The highest BCUT2D eigenvalue weighted by molar-refractivity contribution is 6.30. The number of ether oxygens (including phenoxy) is 1. The fourth-order valence-corrected chi connectivity index (χ4v) is 4.07. The maximum absolute atomic E-state index is 14.8. The monoisotopic (exact) mass is 500 g/mol. The Morgan fingerprint density at radius 3 is 2.54 bits per heavy atom. The molecule has 1 saturated heterocycles. The zero-order valence-electron chi connectivity index (χ0n) is 18.5. The Morgan fingerprint density at radius 2 is 1.89 bits per heavy atom. The largest absolute Gasteiger partial charge is 0.478 e. The molecule has 0 unspecified atom stereocenters. The molecule has 9 nitrogen and oxygen atoms in total. The van der Waals surface area contributed by atoms with E-state index in [0.717, 1.165) is 6.07 Å². The highest BCUT2D eigenvalue weighted by Crippen LogP contribution is 2.28. The van der Waals surface area contributed by atoms with Crippen LogP contribution in [0.5, 0.6) is 0 Å². The second kappa shape index (κ2) is 10.2. The van der Waals surface area contributed by atoms with Gasteiger partial charge >= 0.3 is 12.0 Å². The first-order valence-corrected chi connectivity index (χ1v) is 11.0. The number of amides is 3. The number of aromatic carboxylic acids is 1.